The molecule has 0 bridgehead atoms. The lowest BCUT2D eigenvalue weighted by molar-refractivity contribution is -0.135. The van der Waals surface area contributed by atoms with Gasteiger partial charge >= 0.3 is 5.97 Å². The molecule has 80 valence electrons. The maximum absolute atomic E-state index is 10.2. The molecular weight excluding hydrogens is 190 g/mol. The van der Waals surface area contributed by atoms with E-state index in [1.165, 1.54) is 0 Å². The van der Waals surface area contributed by atoms with E-state index in [9.17, 15) is 4.79 Å². The fourth-order valence-corrected chi connectivity index (χ4v) is 1.16. The number of carboxylic acid groups (broad SMARTS) is 1. The average molecular weight is 205 g/mol. The van der Waals surface area contributed by atoms with Crippen LogP contribution in [0.25, 0.3) is 6.08 Å². The van der Waals surface area contributed by atoms with Crippen LogP contribution >= 0.6 is 0 Å². The third kappa shape index (κ3) is 5.65. The zero-order valence-corrected chi connectivity index (χ0v) is 8.52. The number of nitrogens with one attached hydrogen (secondary N) is 1. The van der Waals surface area contributed by atoms with Crippen LogP contribution in [0.4, 0.5) is 0 Å². The molecule has 0 aromatic heterocycles. The average Bonchev–Trinajstić information content (AvgIpc) is 2.24. The van der Waals surface area contributed by atoms with E-state index in [1.807, 2.05) is 42.5 Å². The number of carbonyl (C=O) groups is 1. The van der Waals surface area contributed by atoms with Gasteiger partial charge in [0.15, 0.2) is 0 Å². The van der Waals surface area contributed by atoms with Gasteiger partial charge in [-0.1, -0.05) is 42.5 Å². The molecule has 0 heterocycles. The Hall–Kier alpha value is -1.61. The molecular formula is C12H15NO2. The molecule has 2 N–H and O–H groups in total. The highest BCUT2D eigenvalue weighted by atomic mass is 16.4. The lowest BCUT2D eigenvalue weighted by Gasteiger charge is -1.97. The quantitative estimate of drug-likeness (QED) is 0.696. The number of hydrogen-bond acceptors (Lipinski definition) is 2. The second-order valence-electron chi connectivity index (χ2n) is 3.17. The first-order valence-corrected chi connectivity index (χ1v) is 4.93. The summed E-state index contributed by atoms with van der Waals surface area (Å²) in [5, 5.41) is 11.2. The van der Waals surface area contributed by atoms with E-state index >= 15 is 0 Å². The standard InChI is InChI=1S/C12H15NO2/c14-12(15)10-13-9-5-4-8-11-6-2-1-3-7-11/h1-4,6-8,13H,5,9-10H2,(H,14,15). The van der Waals surface area contributed by atoms with Crippen molar-refractivity contribution in [2.24, 2.45) is 0 Å². The van der Waals surface area contributed by atoms with Crippen LogP contribution in [0.2, 0.25) is 0 Å². The molecule has 0 radical (unpaired) electrons. The molecule has 3 heteroatoms. The first-order chi connectivity index (χ1) is 7.29. The minimum Gasteiger partial charge on any atom is -0.480 e. The van der Waals surface area contributed by atoms with Crippen LogP contribution < -0.4 is 5.32 Å². The molecule has 1 aromatic carbocycles. The summed E-state index contributed by atoms with van der Waals surface area (Å²) in [7, 11) is 0. The van der Waals surface area contributed by atoms with E-state index in [0.717, 1.165) is 12.0 Å². The summed E-state index contributed by atoms with van der Waals surface area (Å²) in [6.07, 6.45) is 4.90. The number of carboxylic acids is 1. The van der Waals surface area contributed by atoms with Crippen molar-refractivity contribution in [3.8, 4) is 0 Å². The maximum atomic E-state index is 10.2. The highest BCUT2D eigenvalue weighted by Gasteiger charge is 1.92. The molecule has 0 aliphatic carbocycles. The Kier molecular flexibility index (Phi) is 5.19. The van der Waals surface area contributed by atoms with Gasteiger partial charge in [-0.2, -0.15) is 0 Å². The monoisotopic (exact) mass is 205 g/mol. The Bertz CT molecular complexity index is 320. The Morgan fingerprint density at radius 1 is 1.33 bits per heavy atom. The predicted octanol–water partition coefficient (Wildman–Crippen LogP) is 1.76. The molecule has 0 fully saturated rings. The van der Waals surface area contributed by atoms with Gasteiger partial charge in [-0.15, -0.1) is 0 Å². The molecule has 1 rings (SSSR count). The van der Waals surface area contributed by atoms with E-state index in [0.29, 0.717) is 6.54 Å². The Balaban J connectivity index is 2.15. The molecule has 0 spiro atoms. The summed E-state index contributed by atoms with van der Waals surface area (Å²) < 4.78 is 0. The Morgan fingerprint density at radius 2 is 2.07 bits per heavy atom. The minimum absolute atomic E-state index is 0.0270. The van der Waals surface area contributed by atoms with Crippen LogP contribution in [0.5, 0.6) is 0 Å². The molecule has 0 amide bonds. The molecule has 0 saturated heterocycles. The minimum atomic E-state index is -0.818. The van der Waals surface area contributed by atoms with Gasteiger partial charge in [-0.3, -0.25) is 4.79 Å². The first kappa shape index (κ1) is 11.5. The highest BCUT2D eigenvalue weighted by molar-refractivity contribution is 5.68. The van der Waals surface area contributed by atoms with Crippen molar-refractivity contribution in [2.75, 3.05) is 13.1 Å². The smallest absolute Gasteiger partial charge is 0.317 e. The van der Waals surface area contributed by atoms with Gasteiger partial charge in [0.05, 0.1) is 6.54 Å². The van der Waals surface area contributed by atoms with Crippen molar-refractivity contribution in [1.82, 2.24) is 5.32 Å². The lowest BCUT2D eigenvalue weighted by atomic mass is 10.2. The summed E-state index contributed by atoms with van der Waals surface area (Å²) >= 11 is 0. The molecule has 0 aliphatic heterocycles. The van der Waals surface area contributed by atoms with Gasteiger partial charge in [0.2, 0.25) is 0 Å². The normalized spacial score (nSPS) is 10.7. The van der Waals surface area contributed by atoms with E-state index in [1.54, 1.807) is 0 Å². The van der Waals surface area contributed by atoms with Crippen molar-refractivity contribution >= 4 is 12.0 Å². The third-order valence-electron chi connectivity index (χ3n) is 1.87. The zero-order valence-electron chi connectivity index (χ0n) is 8.52. The fourth-order valence-electron chi connectivity index (χ4n) is 1.16. The summed E-state index contributed by atoms with van der Waals surface area (Å²) in [5.74, 6) is -0.818. The Labute approximate surface area is 89.4 Å². The number of aliphatic carboxylic acids is 1. The molecule has 3 nitrogen and oxygen atoms in total. The Morgan fingerprint density at radius 3 is 2.73 bits per heavy atom. The van der Waals surface area contributed by atoms with Gasteiger partial charge in [-0.25, -0.2) is 0 Å². The van der Waals surface area contributed by atoms with Gasteiger partial charge in [0.1, 0.15) is 0 Å². The SMILES string of the molecule is O=C(O)CNCCC=Cc1ccccc1. The summed E-state index contributed by atoms with van der Waals surface area (Å²) in [4.78, 5) is 10.2. The second kappa shape index (κ2) is 6.79. The van der Waals surface area contributed by atoms with Gasteiger partial charge in [0, 0.05) is 0 Å². The van der Waals surface area contributed by atoms with E-state index in [-0.39, 0.29) is 6.54 Å². The van der Waals surface area contributed by atoms with Crippen LogP contribution in [-0.4, -0.2) is 24.2 Å². The number of hydrogen-bond donors (Lipinski definition) is 2. The van der Waals surface area contributed by atoms with E-state index < -0.39 is 5.97 Å². The molecule has 0 aliphatic rings. The van der Waals surface area contributed by atoms with Crippen LogP contribution in [0.3, 0.4) is 0 Å². The first-order valence-electron chi connectivity index (χ1n) is 4.93. The lowest BCUT2D eigenvalue weighted by Crippen LogP contribution is -2.22. The molecule has 0 unspecified atom stereocenters. The molecule has 0 saturated carbocycles. The predicted molar refractivity (Wildman–Crippen MR) is 60.6 cm³/mol. The molecule has 15 heavy (non-hydrogen) atoms. The van der Waals surface area contributed by atoms with Gasteiger partial charge in [-0.05, 0) is 18.5 Å². The van der Waals surface area contributed by atoms with E-state index in [4.69, 9.17) is 5.11 Å². The third-order valence-corrected chi connectivity index (χ3v) is 1.87. The molecule has 1 aromatic rings. The maximum Gasteiger partial charge on any atom is 0.317 e. The van der Waals surface area contributed by atoms with Crippen molar-refractivity contribution < 1.29 is 9.90 Å². The summed E-state index contributed by atoms with van der Waals surface area (Å²) in [5.41, 5.74) is 1.16. The number of benzene rings is 1. The summed E-state index contributed by atoms with van der Waals surface area (Å²) in [6, 6.07) is 10.0. The van der Waals surface area contributed by atoms with Crippen LogP contribution in [0.15, 0.2) is 36.4 Å². The fraction of sp³-hybridized carbons (Fsp3) is 0.250. The number of rotatable bonds is 6. The van der Waals surface area contributed by atoms with E-state index in [2.05, 4.69) is 5.32 Å². The van der Waals surface area contributed by atoms with Crippen molar-refractivity contribution in [2.45, 2.75) is 6.42 Å². The topological polar surface area (TPSA) is 49.3 Å². The van der Waals surface area contributed by atoms with Crippen LogP contribution in [0, 0.1) is 0 Å². The van der Waals surface area contributed by atoms with Crippen LogP contribution in [-0.2, 0) is 4.79 Å². The van der Waals surface area contributed by atoms with Crippen molar-refractivity contribution in [3.05, 3.63) is 42.0 Å². The van der Waals surface area contributed by atoms with Gasteiger partial charge in [0.25, 0.3) is 0 Å². The summed E-state index contributed by atoms with van der Waals surface area (Å²) in [6.45, 7) is 0.717. The van der Waals surface area contributed by atoms with Gasteiger partial charge < -0.3 is 10.4 Å². The zero-order chi connectivity index (χ0) is 10.9. The largest absolute Gasteiger partial charge is 0.480 e. The highest BCUT2D eigenvalue weighted by Crippen LogP contribution is 2.01. The molecule has 0 atom stereocenters. The van der Waals surface area contributed by atoms with Crippen molar-refractivity contribution in [1.29, 1.82) is 0 Å². The second-order valence-corrected chi connectivity index (χ2v) is 3.17. The van der Waals surface area contributed by atoms with Crippen LogP contribution in [0.1, 0.15) is 12.0 Å². The van der Waals surface area contributed by atoms with Crippen molar-refractivity contribution in [3.63, 3.8) is 0 Å².